The quantitative estimate of drug-likeness (QED) is 0.758. The Balaban J connectivity index is 2.10. The molecule has 1 aliphatic rings. The van der Waals surface area contributed by atoms with Crippen LogP contribution < -0.4 is 5.32 Å². The summed E-state index contributed by atoms with van der Waals surface area (Å²) < 4.78 is 38.3. The molecule has 1 N–H and O–H groups in total. The number of amides is 3. The fourth-order valence-electron chi connectivity index (χ4n) is 2.95. The van der Waals surface area contributed by atoms with Crippen LogP contribution in [0.4, 0.5) is 18.0 Å². The number of alkyl halides is 3. The lowest BCUT2D eigenvalue weighted by atomic mass is 10.1. The number of nitrogens with zero attached hydrogens (tertiary/aromatic N) is 2. The van der Waals surface area contributed by atoms with Gasteiger partial charge < -0.3 is 15.1 Å². The van der Waals surface area contributed by atoms with Crippen molar-refractivity contribution in [1.82, 2.24) is 15.1 Å². The highest BCUT2D eigenvalue weighted by atomic mass is 32.2. The Kier molecular flexibility index (Phi) is 7.25. The summed E-state index contributed by atoms with van der Waals surface area (Å²) in [6, 6.07) is 4.65. The molecule has 9 heteroatoms. The summed E-state index contributed by atoms with van der Waals surface area (Å²) in [6.45, 7) is 8.21. The maximum Gasteiger partial charge on any atom is 0.416 e. The van der Waals surface area contributed by atoms with Crippen molar-refractivity contribution in [3.05, 3.63) is 35.4 Å². The third kappa shape index (κ3) is 5.56. The van der Waals surface area contributed by atoms with E-state index in [9.17, 15) is 22.8 Å². The van der Waals surface area contributed by atoms with Crippen molar-refractivity contribution in [3.63, 3.8) is 0 Å². The van der Waals surface area contributed by atoms with Crippen molar-refractivity contribution < 1.29 is 22.8 Å². The minimum absolute atomic E-state index is 0.00220. The molecule has 1 aromatic carbocycles. The zero-order chi connectivity index (χ0) is 21.1. The van der Waals surface area contributed by atoms with Gasteiger partial charge in [-0.25, -0.2) is 4.79 Å². The number of hydrogen-bond acceptors (Lipinski definition) is 3. The van der Waals surface area contributed by atoms with Crippen LogP contribution in [0.3, 0.4) is 0 Å². The molecule has 0 saturated carbocycles. The molecule has 1 saturated heterocycles. The Labute approximate surface area is 167 Å². The predicted molar refractivity (Wildman–Crippen MR) is 104 cm³/mol. The highest BCUT2D eigenvalue weighted by molar-refractivity contribution is 8.00. The topological polar surface area (TPSA) is 52.7 Å². The van der Waals surface area contributed by atoms with Crippen molar-refractivity contribution in [2.75, 3.05) is 18.8 Å². The lowest BCUT2D eigenvalue weighted by Gasteiger charge is -2.31. The first kappa shape index (κ1) is 22.4. The van der Waals surface area contributed by atoms with E-state index in [0.29, 0.717) is 18.7 Å². The van der Waals surface area contributed by atoms with E-state index in [-0.39, 0.29) is 35.1 Å². The van der Waals surface area contributed by atoms with Crippen molar-refractivity contribution in [2.24, 2.45) is 0 Å². The van der Waals surface area contributed by atoms with Crippen LogP contribution in [0.25, 0.3) is 0 Å². The van der Waals surface area contributed by atoms with Gasteiger partial charge in [-0.3, -0.25) is 4.79 Å². The van der Waals surface area contributed by atoms with Crippen LogP contribution in [0.15, 0.2) is 24.3 Å². The summed E-state index contributed by atoms with van der Waals surface area (Å²) in [7, 11) is 0. The molecule has 0 spiro atoms. The van der Waals surface area contributed by atoms with E-state index in [0.717, 1.165) is 12.1 Å². The van der Waals surface area contributed by atoms with Crippen LogP contribution in [0.2, 0.25) is 0 Å². The fraction of sp³-hybridized carbons (Fsp3) is 0.579. The first-order chi connectivity index (χ1) is 13.0. The van der Waals surface area contributed by atoms with E-state index in [2.05, 4.69) is 5.32 Å². The standard InChI is InChI=1S/C19H26F3N3O2S/c1-12(2)23-18(27)24(13(3)4)9-10-25-16(26)11-28-17(25)14-5-7-15(8-6-14)19(20,21)22/h5-8,12-13,17H,9-11H2,1-4H3,(H,23,27)/t17-/m0/s1. The molecule has 1 heterocycles. The molecule has 28 heavy (non-hydrogen) atoms. The normalized spacial score (nSPS) is 17.5. The monoisotopic (exact) mass is 417 g/mol. The zero-order valence-electron chi connectivity index (χ0n) is 16.4. The molecule has 156 valence electrons. The minimum Gasteiger partial charge on any atom is -0.336 e. The second-order valence-corrected chi connectivity index (χ2v) is 8.33. The first-order valence-electron chi connectivity index (χ1n) is 9.16. The van der Waals surface area contributed by atoms with Gasteiger partial charge in [0.1, 0.15) is 5.37 Å². The Hall–Kier alpha value is -1.90. The van der Waals surface area contributed by atoms with Crippen molar-refractivity contribution in [3.8, 4) is 0 Å². The molecular formula is C19H26F3N3O2S. The van der Waals surface area contributed by atoms with Crippen LogP contribution in [-0.4, -0.2) is 52.7 Å². The van der Waals surface area contributed by atoms with Crippen LogP contribution in [0.5, 0.6) is 0 Å². The van der Waals surface area contributed by atoms with Crippen LogP contribution in [-0.2, 0) is 11.0 Å². The largest absolute Gasteiger partial charge is 0.416 e. The van der Waals surface area contributed by atoms with Gasteiger partial charge in [0, 0.05) is 25.2 Å². The zero-order valence-corrected chi connectivity index (χ0v) is 17.2. The highest BCUT2D eigenvalue weighted by Crippen LogP contribution is 2.39. The van der Waals surface area contributed by atoms with E-state index < -0.39 is 11.7 Å². The minimum atomic E-state index is -4.39. The average Bonchev–Trinajstić information content (AvgIpc) is 2.94. The van der Waals surface area contributed by atoms with E-state index in [1.54, 1.807) is 9.80 Å². The molecule has 0 aliphatic carbocycles. The molecule has 0 bridgehead atoms. The maximum absolute atomic E-state index is 12.8. The molecule has 0 radical (unpaired) electrons. The molecule has 0 aromatic heterocycles. The summed E-state index contributed by atoms with van der Waals surface area (Å²) >= 11 is 1.38. The number of benzene rings is 1. The molecule has 2 rings (SSSR count). The number of halogens is 3. The second kappa shape index (κ2) is 9.07. The van der Waals surface area contributed by atoms with Gasteiger partial charge >= 0.3 is 12.2 Å². The van der Waals surface area contributed by atoms with E-state index >= 15 is 0 Å². The molecule has 1 aromatic rings. The molecule has 5 nitrogen and oxygen atoms in total. The number of rotatable bonds is 6. The molecule has 0 unspecified atom stereocenters. The SMILES string of the molecule is CC(C)NC(=O)N(CCN1C(=O)CS[C@H]1c1ccc(C(F)(F)F)cc1)C(C)C. The number of carbonyl (C=O) groups excluding carboxylic acids is 2. The molecule has 1 atom stereocenters. The van der Waals surface area contributed by atoms with E-state index in [4.69, 9.17) is 0 Å². The summed E-state index contributed by atoms with van der Waals surface area (Å²) in [5.41, 5.74) is -0.0694. The van der Waals surface area contributed by atoms with Crippen LogP contribution in [0, 0.1) is 0 Å². The Bertz CT molecular complexity index is 693. The lowest BCUT2D eigenvalue weighted by Crippen LogP contribution is -2.49. The molecular weight excluding hydrogens is 391 g/mol. The van der Waals surface area contributed by atoms with Gasteiger partial charge in [-0.15, -0.1) is 11.8 Å². The lowest BCUT2D eigenvalue weighted by molar-refractivity contribution is -0.137. The number of thioether (sulfide) groups is 1. The van der Waals surface area contributed by atoms with Gasteiger partial charge in [-0.05, 0) is 45.4 Å². The first-order valence-corrected chi connectivity index (χ1v) is 10.2. The number of nitrogens with one attached hydrogen (secondary N) is 1. The summed E-state index contributed by atoms with van der Waals surface area (Å²) in [6.07, 6.45) is -4.39. The molecule has 1 aliphatic heterocycles. The number of urea groups is 1. The Morgan fingerprint density at radius 2 is 1.86 bits per heavy atom. The third-order valence-electron chi connectivity index (χ3n) is 4.37. The van der Waals surface area contributed by atoms with Gasteiger partial charge in [0.2, 0.25) is 5.91 Å². The van der Waals surface area contributed by atoms with Crippen LogP contribution >= 0.6 is 11.8 Å². The summed E-state index contributed by atoms with van der Waals surface area (Å²) in [5, 5.41) is 2.50. The third-order valence-corrected chi connectivity index (χ3v) is 5.63. The molecule has 3 amide bonds. The van der Waals surface area contributed by atoms with E-state index in [1.165, 1.54) is 23.9 Å². The van der Waals surface area contributed by atoms with Crippen molar-refractivity contribution in [1.29, 1.82) is 0 Å². The maximum atomic E-state index is 12.8. The van der Waals surface area contributed by atoms with Gasteiger partial charge in [0.15, 0.2) is 0 Å². The van der Waals surface area contributed by atoms with Gasteiger partial charge in [0.25, 0.3) is 0 Å². The second-order valence-electron chi connectivity index (χ2n) is 7.26. The average molecular weight is 417 g/mol. The summed E-state index contributed by atoms with van der Waals surface area (Å²) in [4.78, 5) is 28.0. The number of carbonyl (C=O) groups is 2. The predicted octanol–water partition coefficient (Wildman–Crippen LogP) is 4.11. The van der Waals surface area contributed by atoms with E-state index in [1.807, 2.05) is 27.7 Å². The number of hydrogen-bond donors (Lipinski definition) is 1. The van der Waals surface area contributed by atoms with Crippen LogP contribution in [0.1, 0.15) is 44.2 Å². The van der Waals surface area contributed by atoms with Gasteiger partial charge in [-0.2, -0.15) is 13.2 Å². The smallest absolute Gasteiger partial charge is 0.336 e. The fourth-order valence-corrected chi connectivity index (χ4v) is 4.17. The van der Waals surface area contributed by atoms with Gasteiger partial charge in [-0.1, -0.05) is 12.1 Å². The summed E-state index contributed by atoms with van der Waals surface area (Å²) in [5.74, 6) is 0.189. The Morgan fingerprint density at radius 1 is 1.25 bits per heavy atom. The van der Waals surface area contributed by atoms with Crippen molar-refractivity contribution >= 4 is 23.7 Å². The Morgan fingerprint density at radius 3 is 2.36 bits per heavy atom. The van der Waals surface area contributed by atoms with Gasteiger partial charge in [0.05, 0.1) is 11.3 Å². The molecule has 1 fully saturated rings. The highest BCUT2D eigenvalue weighted by Gasteiger charge is 2.35. The van der Waals surface area contributed by atoms with Crippen molar-refractivity contribution in [2.45, 2.75) is 51.3 Å².